The summed E-state index contributed by atoms with van der Waals surface area (Å²) in [7, 11) is 0. The summed E-state index contributed by atoms with van der Waals surface area (Å²) in [6, 6.07) is 0. The molecular formula is C10H19ClN4. The number of allylic oxidation sites excluding steroid dienone is 2. The van der Waals surface area contributed by atoms with Gasteiger partial charge in [0.2, 0.25) is 0 Å². The molecule has 0 aromatic heterocycles. The van der Waals surface area contributed by atoms with Crippen molar-refractivity contribution in [1.82, 2.24) is 5.01 Å². The first-order chi connectivity index (χ1) is 7.02. The van der Waals surface area contributed by atoms with Gasteiger partial charge in [0.05, 0.1) is 11.4 Å². The van der Waals surface area contributed by atoms with Crippen molar-refractivity contribution in [3.8, 4) is 0 Å². The summed E-state index contributed by atoms with van der Waals surface area (Å²) in [6.45, 7) is 6.14. The van der Waals surface area contributed by atoms with Crippen molar-refractivity contribution in [1.29, 1.82) is 0 Å². The number of aliphatic imine (C=N–C) groups is 1. The summed E-state index contributed by atoms with van der Waals surface area (Å²) >= 11 is 5.96. The van der Waals surface area contributed by atoms with Crippen LogP contribution in [0, 0.1) is 5.92 Å². The lowest BCUT2D eigenvalue weighted by Crippen LogP contribution is -2.45. The normalized spacial score (nSPS) is 22.4. The van der Waals surface area contributed by atoms with Crippen molar-refractivity contribution >= 4 is 16.8 Å². The van der Waals surface area contributed by atoms with Gasteiger partial charge in [-0.15, -0.1) is 0 Å². The molecule has 1 heterocycles. The quantitative estimate of drug-likeness (QED) is 0.727. The van der Waals surface area contributed by atoms with E-state index in [4.69, 9.17) is 23.2 Å². The van der Waals surface area contributed by atoms with E-state index in [0.29, 0.717) is 16.8 Å². The Hall–Kier alpha value is -0.740. The Morgan fingerprint density at radius 3 is 2.47 bits per heavy atom. The lowest BCUT2D eigenvalue weighted by atomic mass is 9.96. The fourth-order valence-corrected chi connectivity index (χ4v) is 2.09. The smallest absolute Gasteiger partial charge is 0.150 e. The molecule has 0 amide bonds. The molecule has 0 saturated heterocycles. The standard InChI is InChI=1S/C10H19ClN4/c1-4-7(5-2)9-8(12)10(11)14-6(3)15(9)13/h6-7H,4-5,12-13H2,1-3H3. The average Bonchev–Trinajstić information content (AvgIpc) is 2.21. The third-order valence-electron chi connectivity index (χ3n) is 2.85. The summed E-state index contributed by atoms with van der Waals surface area (Å²) in [4.78, 5) is 4.15. The fraction of sp³-hybridized carbons (Fsp3) is 0.700. The topological polar surface area (TPSA) is 67.6 Å². The summed E-state index contributed by atoms with van der Waals surface area (Å²) in [5.41, 5.74) is 7.37. The highest BCUT2D eigenvalue weighted by Crippen LogP contribution is 2.28. The predicted octanol–water partition coefficient (Wildman–Crippen LogP) is 1.77. The molecule has 1 unspecified atom stereocenters. The van der Waals surface area contributed by atoms with E-state index in [-0.39, 0.29) is 6.17 Å². The Morgan fingerprint density at radius 1 is 1.47 bits per heavy atom. The Labute approximate surface area is 95.9 Å². The number of halogens is 1. The summed E-state index contributed by atoms with van der Waals surface area (Å²) in [6.07, 6.45) is 1.86. The van der Waals surface area contributed by atoms with E-state index in [1.165, 1.54) is 0 Å². The van der Waals surface area contributed by atoms with Gasteiger partial charge in [-0.3, -0.25) is 5.01 Å². The summed E-state index contributed by atoms with van der Waals surface area (Å²) in [5.74, 6) is 6.31. The van der Waals surface area contributed by atoms with Crippen LogP contribution >= 0.6 is 11.6 Å². The maximum Gasteiger partial charge on any atom is 0.150 e. The molecule has 0 aromatic rings. The molecule has 4 N–H and O–H groups in total. The van der Waals surface area contributed by atoms with E-state index in [2.05, 4.69) is 18.8 Å². The van der Waals surface area contributed by atoms with Gasteiger partial charge in [0.25, 0.3) is 0 Å². The molecule has 1 aliphatic heterocycles. The van der Waals surface area contributed by atoms with Gasteiger partial charge in [-0.1, -0.05) is 25.4 Å². The number of nitrogens with zero attached hydrogens (tertiary/aromatic N) is 2. The highest BCUT2D eigenvalue weighted by atomic mass is 35.5. The number of rotatable bonds is 3. The number of hydrogen-bond acceptors (Lipinski definition) is 4. The second-order valence-electron chi connectivity index (χ2n) is 3.77. The minimum Gasteiger partial charge on any atom is -0.395 e. The van der Waals surface area contributed by atoms with E-state index in [1.807, 2.05) is 6.92 Å². The van der Waals surface area contributed by atoms with Gasteiger partial charge in [0.1, 0.15) is 6.17 Å². The van der Waals surface area contributed by atoms with Gasteiger partial charge >= 0.3 is 0 Å². The molecular weight excluding hydrogens is 212 g/mol. The Morgan fingerprint density at radius 2 is 2.00 bits per heavy atom. The van der Waals surface area contributed by atoms with Crippen LogP contribution in [-0.4, -0.2) is 16.3 Å². The molecule has 15 heavy (non-hydrogen) atoms. The molecule has 1 rings (SSSR count). The summed E-state index contributed by atoms with van der Waals surface area (Å²) in [5, 5.41) is 2.00. The average molecular weight is 231 g/mol. The van der Waals surface area contributed by atoms with E-state index in [9.17, 15) is 0 Å². The molecule has 0 saturated carbocycles. The minimum atomic E-state index is -0.139. The molecule has 0 spiro atoms. The first kappa shape index (κ1) is 12.3. The van der Waals surface area contributed by atoms with Gasteiger partial charge in [0, 0.05) is 5.92 Å². The number of hydrazine groups is 1. The minimum absolute atomic E-state index is 0.139. The van der Waals surface area contributed by atoms with E-state index in [0.717, 1.165) is 18.5 Å². The zero-order chi connectivity index (χ0) is 11.6. The second kappa shape index (κ2) is 4.86. The SMILES string of the molecule is CCC(CC)C1=C(N)C(Cl)=NC(C)N1N. The van der Waals surface area contributed by atoms with E-state index >= 15 is 0 Å². The molecule has 1 aliphatic rings. The Kier molecular flexibility index (Phi) is 3.99. The van der Waals surface area contributed by atoms with Crippen molar-refractivity contribution in [2.45, 2.75) is 39.8 Å². The molecule has 4 nitrogen and oxygen atoms in total. The molecule has 1 atom stereocenters. The number of hydrogen-bond donors (Lipinski definition) is 2. The van der Waals surface area contributed by atoms with Crippen molar-refractivity contribution in [2.75, 3.05) is 0 Å². The molecule has 0 aliphatic carbocycles. The van der Waals surface area contributed by atoms with Crippen molar-refractivity contribution in [3.05, 3.63) is 11.4 Å². The van der Waals surface area contributed by atoms with Crippen LogP contribution in [0.2, 0.25) is 0 Å². The van der Waals surface area contributed by atoms with E-state index in [1.54, 1.807) is 5.01 Å². The third kappa shape index (κ3) is 2.26. The van der Waals surface area contributed by atoms with E-state index < -0.39 is 0 Å². The lowest BCUT2D eigenvalue weighted by molar-refractivity contribution is 0.238. The van der Waals surface area contributed by atoms with Crippen LogP contribution in [0.3, 0.4) is 0 Å². The van der Waals surface area contributed by atoms with Crippen LogP contribution in [0.1, 0.15) is 33.6 Å². The molecule has 0 aromatic carbocycles. The van der Waals surface area contributed by atoms with Crippen LogP contribution in [-0.2, 0) is 0 Å². The van der Waals surface area contributed by atoms with Crippen LogP contribution < -0.4 is 11.6 Å². The largest absolute Gasteiger partial charge is 0.395 e. The van der Waals surface area contributed by atoms with Crippen LogP contribution in [0.5, 0.6) is 0 Å². The highest BCUT2D eigenvalue weighted by molar-refractivity contribution is 6.69. The third-order valence-corrected chi connectivity index (χ3v) is 3.15. The maximum absolute atomic E-state index is 5.96. The Bertz CT molecular complexity index is 294. The van der Waals surface area contributed by atoms with Gasteiger partial charge < -0.3 is 5.73 Å². The second-order valence-corrected chi connectivity index (χ2v) is 4.13. The Balaban J connectivity index is 3.10. The number of nitrogens with two attached hydrogens (primary N) is 2. The molecule has 86 valence electrons. The van der Waals surface area contributed by atoms with Crippen molar-refractivity contribution in [2.24, 2.45) is 22.5 Å². The van der Waals surface area contributed by atoms with Crippen LogP contribution in [0.25, 0.3) is 0 Å². The first-order valence-corrected chi connectivity index (χ1v) is 5.67. The molecule has 0 bridgehead atoms. The monoisotopic (exact) mass is 230 g/mol. The van der Waals surface area contributed by atoms with Crippen molar-refractivity contribution in [3.63, 3.8) is 0 Å². The van der Waals surface area contributed by atoms with Gasteiger partial charge in [-0.25, -0.2) is 10.8 Å². The highest BCUT2D eigenvalue weighted by Gasteiger charge is 2.27. The van der Waals surface area contributed by atoms with Gasteiger partial charge in [-0.05, 0) is 19.8 Å². The maximum atomic E-state index is 5.96. The van der Waals surface area contributed by atoms with Gasteiger partial charge in [-0.2, -0.15) is 0 Å². The molecule has 0 radical (unpaired) electrons. The predicted molar refractivity (Wildman–Crippen MR) is 64.1 cm³/mol. The zero-order valence-corrected chi connectivity index (χ0v) is 10.3. The molecule has 5 heteroatoms. The first-order valence-electron chi connectivity index (χ1n) is 5.30. The lowest BCUT2D eigenvalue weighted by Gasteiger charge is -2.34. The summed E-state index contributed by atoms with van der Waals surface area (Å²) < 4.78 is 0. The van der Waals surface area contributed by atoms with Crippen molar-refractivity contribution < 1.29 is 0 Å². The molecule has 0 fully saturated rings. The zero-order valence-electron chi connectivity index (χ0n) is 9.50. The van der Waals surface area contributed by atoms with Crippen LogP contribution in [0.15, 0.2) is 16.4 Å². The fourth-order valence-electron chi connectivity index (χ4n) is 1.85. The van der Waals surface area contributed by atoms with Crippen LogP contribution in [0.4, 0.5) is 0 Å². The van der Waals surface area contributed by atoms with Gasteiger partial charge in [0.15, 0.2) is 5.17 Å².